The molecule has 12 nitrogen and oxygen atoms in total. The van der Waals surface area contributed by atoms with E-state index in [1.807, 2.05) is 32.9 Å². The number of amidine groups is 1. The van der Waals surface area contributed by atoms with Crippen molar-refractivity contribution in [3.05, 3.63) is 82.2 Å². The van der Waals surface area contributed by atoms with E-state index in [1.165, 1.54) is 28.1 Å². The molecule has 5 rings (SSSR count). The van der Waals surface area contributed by atoms with Crippen molar-refractivity contribution in [2.45, 2.75) is 44.9 Å². The maximum atomic E-state index is 14.3. The lowest BCUT2D eigenvalue weighted by atomic mass is 9.98. The standard InChI is InChI=1S/C30H31ClN6O6/c1-30(2,3)42-23-14-18(21(38)15-24(32)39)6-9-20(23)28-35-26(17-4-7-19(31)8-5-17)27(22-10-11-34-43-22)37(28)29(41)36-13-12-33-25(40)16-36/h4-11,14,26-27H,12-13,15-16H2,1-3H3,(H2,32,39)(H,33,40). The molecule has 1 saturated heterocycles. The number of hydrogen-bond donors (Lipinski definition) is 2. The van der Waals surface area contributed by atoms with Gasteiger partial charge >= 0.3 is 6.03 Å². The van der Waals surface area contributed by atoms with Crippen molar-refractivity contribution in [2.75, 3.05) is 19.6 Å². The van der Waals surface area contributed by atoms with E-state index in [-0.39, 0.29) is 36.1 Å². The van der Waals surface area contributed by atoms with Crippen molar-refractivity contribution in [3.8, 4) is 5.75 Å². The highest BCUT2D eigenvalue weighted by Crippen LogP contribution is 2.45. The number of nitrogens with zero attached hydrogens (tertiary/aromatic N) is 4. The number of aromatic nitrogens is 1. The van der Waals surface area contributed by atoms with Crippen molar-refractivity contribution < 1.29 is 28.4 Å². The van der Waals surface area contributed by atoms with Crippen LogP contribution in [0.15, 0.2) is 64.2 Å². The van der Waals surface area contributed by atoms with E-state index in [2.05, 4.69) is 10.5 Å². The zero-order chi connectivity index (χ0) is 30.9. The Bertz CT molecular complexity index is 1580. The minimum Gasteiger partial charge on any atom is -0.487 e. The third-order valence-corrected chi connectivity index (χ3v) is 7.09. The Labute approximate surface area is 252 Å². The van der Waals surface area contributed by atoms with Gasteiger partial charge in [-0.05, 0) is 50.6 Å². The van der Waals surface area contributed by atoms with Gasteiger partial charge in [-0.3, -0.25) is 24.3 Å². The summed E-state index contributed by atoms with van der Waals surface area (Å²) in [4.78, 5) is 58.8. The molecule has 1 aromatic heterocycles. The van der Waals surface area contributed by atoms with Gasteiger partial charge < -0.3 is 25.2 Å². The van der Waals surface area contributed by atoms with Gasteiger partial charge in [-0.15, -0.1) is 0 Å². The van der Waals surface area contributed by atoms with E-state index in [1.54, 1.807) is 24.3 Å². The fourth-order valence-corrected chi connectivity index (χ4v) is 5.16. The van der Waals surface area contributed by atoms with Crippen LogP contribution in [0, 0.1) is 0 Å². The number of ether oxygens (including phenoxy) is 1. The number of primary amides is 1. The highest BCUT2D eigenvalue weighted by Gasteiger charge is 2.47. The van der Waals surface area contributed by atoms with E-state index >= 15 is 0 Å². The molecule has 2 aromatic carbocycles. The first kappa shape index (κ1) is 29.8. The molecule has 43 heavy (non-hydrogen) atoms. The second-order valence-corrected chi connectivity index (χ2v) is 11.7. The summed E-state index contributed by atoms with van der Waals surface area (Å²) in [5.74, 6) is -0.626. The van der Waals surface area contributed by atoms with Crippen LogP contribution < -0.4 is 15.8 Å². The fraction of sp³-hybridized carbons (Fsp3) is 0.333. The second-order valence-electron chi connectivity index (χ2n) is 11.2. The van der Waals surface area contributed by atoms with Crippen molar-refractivity contribution in [1.82, 2.24) is 20.3 Å². The molecule has 3 heterocycles. The summed E-state index contributed by atoms with van der Waals surface area (Å²) in [6.07, 6.45) is 1.01. The number of amides is 4. The number of urea groups is 1. The number of piperazine rings is 1. The summed E-state index contributed by atoms with van der Waals surface area (Å²) in [7, 11) is 0. The van der Waals surface area contributed by atoms with Gasteiger partial charge in [0.2, 0.25) is 11.8 Å². The van der Waals surface area contributed by atoms with Gasteiger partial charge in [0.25, 0.3) is 0 Å². The van der Waals surface area contributed by atoms with Crippen LogP contribution in [0.4, 0.5) is 4.79 Å². The zero-order valence-corrected chi connectivity index (χ0v) is 24.6. The zero-order valence-electron chi connectivity index (χ0n) is 23.9. The van der Waals surface area contributed by atoms with E-state index in [0.717, 1.165) is 5.56 Å². The van der Waals surface area contributed by atoms with Crippen LogP contribution in [0.5, 0.6) is 5.75 Å². The quantitative estimate of drug-likeness (QED) is 0.306. The van der Waals surface area contributed by atoms with Crippen LogP contribution in [-0.4, -0.2) is 69.7 Å². The predicted octanol–water partition coefficient (Wildman–Crippen LogP) is 3.66. The van der Waals surface area contributed by atoms with Crippen LogP contribution >= 0.6 is 11.6 Å². The normalized spacial score (nSPS) is 18.7. The lowest BCUT2D eigenvalue weighted by Gasteiger charge is -2.35. The Kier molecular flexibility index (Phi) is 8.23. The summed E-state index contributed by atoms with van der Waals surface area (Å²) in [6.45, 7) is 5.97. The number of hydrogen-bond acceptors (Lipinski definition) is 8. The number of nitrogens with two attached hydrogens (primary N) is 1. The average Bonchev–Trinajstić information content (AvgIpc) is 3.60. The molecule has 3 N–H and O–H groups in total. The molecule has 0 bridgehead atoms. The molecule has 0 saturated carbocycles. The molecule has 2 aliphatic rings. The Morgan fingerprint density at radius 1 is 1.14 bits per heavy atom. The third-order valence-electron chi connectivity index (χ3n) is 6.84. The highest BCUT2D eigenvalue weighted by molar-refractivity contribution is 6.30. The van der Waals surface area contributed by atoms with Gasteiger partial charge in [0, 0.05) is 29.7 Å². The van der Waals surface area contributed by atoms with Gasteiger partial charge in [-0.1, -0.05) is 35.0 Å². The Morgan fingerprint density at radius 3 is 2.51 bits per heavy atom. The Balaban J connectivity index is 1.69. The largest absolute Gasteiger partial charge is 0.487 e. The molecular weight excluding hydrogens is 576 g/mol. The highest BCUT2D eigenvalue weighted by atomic mass is 35.5. The summed E-state index contributed by atoms with van der Waals surface area (Å²) in [5, 5.41) is 7.15. The minimum atomic E-state index is -0.783. The second kappa shape index (κ2) is 11.9. The lowest BCUT2D eigenvalue weighted by molar-refractivity contribution is -0.123. The van der Waals surface area contributed by atoms with E-state index < -0.39 is 41.8 Å². The molecule has 1 fully saturated rings. The number of nitrogens with one attached hydrogen (secondary N) is 1. The minimum absolute atomic E-state index is 0.136. The summed E-state index contributed by atoms with van der Waals surface area (Å²) >= 11 is 6.18. The Morgan fingerprint density at radius 2 is 1.88 bits per heavy atom. The van der Waals surface area contributed by atoms with Crippen molar-refractivity contribution >= 4 is 41.1 Å². The number of ketones is 1. The maximum Gasteiger partial charge on any atom is 0.326 e. The number of Topliss-reactive ketones (excluding diaryl/α,β-unsaturated/α-hetero) is 1. The smallest absolute Gasteiger partial charge is 0.326 e. The number of aliphatic imine (C=N–C) groups is 1. The van der Waals surface area contributed by atoms with Crippen LogP contribution in [0.3, 0.4) is 0 Å². The van der Waals surface area contributed by atoms with Crippen molar-refractivity contribution in [1.29, 1.82) is 0 Å². The molecule has 13 heteroatoms. The molecule has 4 amide bonds. The first-order chi connectivity index (χ1) is 20.4. The summed E-state index contributed by atoms with van der Waals surface area (Å²) < 4.78 is 11.9. The van der Waals surface area contributed by atoms with Crippen molar-refractivity contribution in [2.24, 2.45) is 10.7 Å². The number of carbonyl (C=O) groups is 4. The van der Waals surface area contributed by atoms with E-state index in [0.29, 0.717) is 22.9 Å². The molecule has 0 spiro atoms. The van der Waals surface area contributed by atoms with Gasteiger partial charge in [-0.25, -0.2) is 4.79 Å². The fourth-order valence-electron chi connectivity index (χ4n) is 5.03. The van der Waals surface area contributed by atoms with Gasteiger partial charge in [-0.2, -0.15) is 0 Å². The first-order valence-corrected chi connectivity index (χ1v) is 14.0. The van der Waals surface area contributed by atoms with Crippen LogP contribution in [-0.2, 0) is 9.59 Å². The summed E-state index contributed by atoms with van der Waals surface area (Å²) in [6, 6.07) is 11.5. The van der Waals surface area contributed by atoms with Crippen LogP contribution in [0.25, 0.3) is 0 Å². The molecule has 3 aromatic rings. The predicted molar refractivity (Wildman–Crippen MR) is 157 cm³/mol. The Hall–Kier alpha value is -4.71. The maximum absolute atomic E-state index is 14.3. The first-order valence-electron chi connectivity index (χ1n) is 13.6. The lowest BCUT2D eigenvalue weighted by Crippen LogP contribution is -2.55. The number of halogens is 1. The molecule has 2 aliphatic heterocycles. The van der Waals surface area contributed by atoms with Crippen LogP contribution in [0.1, 0.15) is 66.5 Å². The van der Waals surface area contributed by atoms with Crippen LogP contribution in [0.2, 0.25) is 5.02 Å². The topological polar surface area (TPSA) is 160 Å². The summed E-state index contributed by atoms with van der Waals surface area (Å²) in [5.41, 5.74) is 5.94. The molecular formula is C30H31ClN6O6. The number of benzene rings is 2. The van der Waals surface area contributed by atoms with Gasteiger partial charge in [0.1, 0.15) is 35.8 Å². The van der Waals surface area contributed by atoms with Crippen molar-refractivity contribution in [3.63, 3.8) is 0 Å². The molecule has 224 valence electrons. The SMILES string of the molecule is CC(C)(C)Oc1cc(C(=O)CC(N)=O)ccc1C1=NC(c2ccc(Cl)cc2)C(c2ccno2)N1C(=O)N1CCNC(=O)C1. The van der Waals surface area contributed by atoms with E-state index in [4.69, 9.17) is 31.6 Å². The number of carbonyl (C=O) groups excluding carboxylic acids is 4. The third kappa shape index (κ3) is 6.54. The average molecular weight is 607 g/mol. The van der Waals surface area contributed by atoms with Gasteiger partial charge in [0.15, 0.2) is 11.5 Å². The molecule has 0 radical (unpaired) electrons. The molecule has 0 aliphatic carbocycles. The molecule has 2 atom stereocenters. The molecule has 2 unspecified atom stereocenters. The monoisotopic (exact) mass is 606 g/mol. The number of rotatable bonds is 7. The van der Waals surface area contributed by atoms with Gasteiger partial charge in [0.05, 0.1) is 18.2 Å². The van der Waals surface area contributed by atoms with E-state index in [9.17, 15) is 19.2 Å².